The van der Waals surface area contributed by atoms with Crippen LogP contribution in [0.3, 0.4) is 0 Å². The standard InChI is InChI=1S/C18H19BrN2O2S/c1-12(24-11-14-3-5-15(19)6-4-14)18(23)21-17-9-7-16(8-10-17)20-13(2)22/h3-10,12H,11H2,1-2H3,(H,20,22)(H,21,23)/t12-/m1/s1. The highest BCUT2D eigenvalue weighted by molar-refractivity contribution is 9.10. The molecule has 0 aliphatic carbocycles. The van der Waals surface area contributed by atoms with Gasteiger partial charge in [-0.25, -0.2) is 0 Å². The average molecular weight is 407 g/mol. The van der Waals surface area contributed by atoms with Crippen LogP contribution in [0.25, 0.3) is 0 Å². The Kier molecular flexibility index (Phi) is 6.87. The number of benzene rings is 2. The molecule has 24 heavy (non-hydrogen) atoms. The first kappa shape index (κ1) is 18.5. The summed E-state index contributed by atoms with van der Waals surface area (Å²) in [4.78, 5) is 23.2. The summed E-state index contributed by atoms with van der Waals surface area (Å²) in [7, 11) is 0. The van der Waals surface area contributed by atoms with Crippen LogP contribution in [0.2, 0.25) is 0 Å². The van der Waals surface area contributed by atoms with E-state index in [1.165, 1.54) is 12.5 Å². The second kappa shape index (κ2) is 8.89. The Morgan fingerprint density at radius 1 is 1.00 bits per heavy atom. The number of thioether (sulfide) groups is 1. The van der Waals surface area contributed by atoms with E-state index in [0.29, 0.717) is 11.4 Å². The Hall–Kier alpha value is -1.79. The van der Waals surface area contributed by atoms with Crippen molar-refractivity contribution in [2.45, 2.75) is 24.9 Å². The maximum atomic E-state index is 12.2. The van der Waals surface area contributed by atoms with E-state index in [2.05, 4.69) is 26.6 Å². The lowest BCUT2D eigenvalue weighted by atomic mass is 10.2. The van der Waals surface area contributed by atoms with Crippen molar-refractivity contribution < 1.29 is 9.59 Å². The molecule has 2 aromatic carbocycles. The Morgan fingerprint density at radius 3 is 2.08 bits per heavy atom. The van der Waals surface area contributed by atoms with Crippen molar-refractivity contribution in [3.05, 3.63) is 58.6 Å². The molecule has 0 saturated carbocycles. The minimum atomic E-state index is -0.163. The van der Waals surface area contributed by atoms with Gasteiger partial charge < -0.3 is 10.6 Å². The molecule has 0 radical (unpaired) electrons. The molecule has 0 spiro atoms. The van der Waals surface area contributed by atoms with Crippen molar-refractivity contribution in [3.63, 3.8) is 0 Å². The molecule has 2 amide bonds. The zero-order chi connectivity index (χ0) is 17.5. The third kappa shape index (κ3) is 6.02. The van der Waals surface area contributed by atoms with Gasteiger partial charge in [-0.1, -0.05) is 28.1 Å². The first-order valence-electron chi connectivity index (χ1n) is 7.48. The zero-order valence-electron chi connectivity index (χ0n) is 13.5. The molecule has 2 N–H and O–H groups in total. The van der Waals surface area contributed by atoms with E-state index in [1.54, 1.807) is 36.0 Å². The van der Waals surface area contributed by atoms with Gasteiger partial charge in [-0.3, -0.25) is 9.59 Å². The van der Waals surface area contributed by atoms with Gasteiger partial charge >= 0.3 is 0 Å². The van der Waals surface area contributed by atoms with Crippen LogP contribution in [0.15, 0.2) is 53.0 Å². The van der Waals surface area contributed by atoms with Crippen LogP contribution in [0.1, 0.15) is 19.4 Å². The number of rotatable bonds is 6. The molecule has 0 aliphatic heterocycles. The molecule has 126 valence electrons. The average Bonchev–Trinajstić information content (AvgIpc) is 2.55. The van der Waals surface area contributed by atoms with Crippen molar-refractivity contribution in [3.8, 4) is 0 Å². The number of hydrogen-bond donors (Lipinski definition) is 2. The second-order valence-electron chi connectivity index (χ2n) is 5.33. The van der Waals surface area contributed by atoms with E-state index in [4.69, 9.17) is 0 Å². The lowest BCUT2D eigenvalue weighted by Gasteiger charge is -2.12. The van der Waals surface area contributed by atoms with Gasteiger partial charge in [0.05, 0.1) is 5.25 Å². The van der Waals surface area contributed by atoms with E-state index in [0.717, 1.165) is 10.2 Å². The molecular weight excluding hydrogens is 388 g/mol. The van der Waals surface area contributed by atoms with Gasteiger partial charge in [0, 0.05) is 28.5 Å². The largest absolute Gasteiger partial charge is 0.326 e. The maximum Gasteiger partial charge on any atom is 0.237 e. The Bertz CT molecular complexity index is 702. The van der Waals surface area contributed by atoms with Crippen LogP contribution in [-0.4, -0.2) is 17.1 Å². The molecule has 0 unspecified atom stereocenters. The number of halogens is 1. The molecule has 0 fully saturated rings. The predicted octanol–water partition coefficient (Wildman–Crippen LogP) is 4.67. The Balaban J connectivity index is 1.84. The monoisotopic (exact) mass is 406 g/mol. The zero-order valence-corrected chi connectivity index (χ0v) is 15.9. The van der Waals surface area contributed by atoms with Crippen molar-refractivity contribution >= 4 is 50.9 Å². The molecule has 1 atom stereocenters. The quantitative estimate of drug-likeness (QED) is 0.732. The fourth-order valence-electron chi connectivity index (χ4n) is 1.96. The van der Waals surface area contributed by atoms with E-state index < -0.39 is 0 Å². The minimum Gasteiger partial charge on any atom is -0.326 e. The fourth-order valence-corrected chi connectivity index (χ4v) is 3.07. The molecule has 4 nitrogen and oxygen atoms in total. The smallest absolute Gasteiger partial charge is 0.237 e. The third-order valence-electron chi connectivity index (χ3n) is 3.26. The van der Waals surface area contributed by atoms with Crippen molar-refractivity contribution in [1.29, 1.82) is 0 Å². The Labute approximate surface area is 154 Å². The van der Waals surface area contributed by atoms with Crippen molar-refractivity contribution in [2.24, 2.45) is 0 Å². The molecule has 0 bridgehead atoms. The lowest BCUT2D eigenvalue weighted by Crippen LogP contribution is -2.22. The van der Waals surface area contributed by atoms with E-state index in [1.807, 2.05) is 31.2 Å². The molecule has 0 aromatic heterocycles. The van der Waals surface area contributed by atoms with Crippen LogP contribution in [0, 0.1) is 0 Å². The highest BCUT2D eigenvalue weighted by Gasteiger charge is 2.13. The van der Waals surface area contributed by atoms with Gasteiger partial charge in [0.2, 0.25) is 11.8 Å². The normalized spacial score (nSPS) is 11.6. The van der Waals surface area contributed by atoms with Gasteiger partial charge in [-0.05, 0) is 48.9 Å². The van der Waals surface area contributed by atoms with Crippen LogP contribution in [0.4, 0.5) is 11.4 Å². The maximum absolute atomic E-state index is 12.2. The number of anilines is 2. The van der Waals surface area contributed by atoms with Crippen LogP contribution < -0.4 is 10.6 Å². The number of hydrogen-bond acceptors (Lipinski definition) is 3. The molecular formula is C18H19BrN2O2S. The predicted molar refractivity (Wildman–Crippen MR) is 104 cm³/mol. The molecule has 0 aliphatic rings. The fraction of sp³-hybridized carbons (Fsp3) is 0.222. The summed E-state index contributed by atoms with van der Waals surface area (Å²) in [6.07, 6.45) is 0. The number of nitrogens with one attached hydrogen (secondary N) is 2. The summed E-state index contributed by atoms with van der Waals surface area (Å²) in [6.45, 7) is 3.35. The molecule has 0 saturated heterocycles. The topological polar surface area (TPSA) is 58.2 Å². The first-order valence-corrected chi connectivity index (χ1v) is 9.33. The first-order chi connectivity index (χ1) is 11.4. The van der Waals surface area contributed by atoms with Gasteiger partial charge in [0.25, 0.3) is 0 Å². The van der Waals surface area contributed by atoms with Crippen molar-refractivity contribution in [2.75, 3.05) is 10.6 Å². The molecule has 2 aromatic rings. The third-order valence-corrected chi connectivity index (χ3v) is 5.00. The summed E-state index contributed by atoms with van der Waals surface area (Å²) < 4.78 is 1.05. The SMILES string of the molecule is CC(=O)Nc1ccc(NC(=O)[C@@H](C)SCc2ccc(Br)cc2)cc1. The van der Waals surface area contributed by atoms with E-state index in [9.17, 15) is 9.59 Å². The van der Waals surface area contributed by atoms with E-state index >= 15 is 0 Å². The second-order valence-corrected chi connectivity index (χ2v) is 7.57. The Morgan fingerprint density at radius 2 is 1.54 bits per heavy atom. The van der Waals surface area contributed by atoms with Crippen LogP contribution >= 0.6 is 27.7 Å². The number of amides is 2. The van der Waals surface area contributed by atoms with Gasteiger partial charge in [0.1, 0.15) is 0 Å². The number of carbonyl (C=O) groups is 2. The van der Waals surface area contributed by atoms with Crippen LogP contribution in [0.5, 0.6) is 0 Å². The summed E-state index contributed by atoms with van der Waals surface area (Å²) in [5, 5.41) is 5.42. The summed E-state index contributed by atoms with van der Waals surface area (Å²) in [5.41, 5.74) is 2.60. The summed E-state index contributed by atoms with van der Waals surface area (Å²) in [5.74, 6) is 0.623. The number of carbonyl (C=O) groups excluding carboxylic acids is 2. The minimum absolute atomic E-state index is 0.0376. The lowest BCUT2D eigenvalue weighted by molar-refractivity contribution is -0.115. The summed E-state index contributed by atoms with van der Waals surface area (Å²) >= 11 is 5.00. The molecule has 2 rings (SSSR count). The highest BCUT2D eigenvalue weighted by Crippen LogP contribution is 2.21. The van der Waals surface area contributed by atoms with Gasteiger partial charge in [0.15, 0.2) is 0 Å². The van der Waals surface area contributed by atoms with Crippen molar-refractivity contribution in [1.82, 2.24) is 0 Å². The highest BCUT2D eigenvalue weighted by atomic mass is 79.9. The van der Waals surface area contributed by atoms with Gasteiger partial charge in [-0.2, -0.15) is 0 Å². The van der Waals surface area contributed by atoms with Gasteiger partial charge in [-0.15, -0.1) is 11.8 Å². The summed E-state index contributed by atoms with van der Waals surface area (Å²) in [6, 6.07) is 15.2. The van der Waals surface area contributed by atoms with Crippen LogP contribution in [-0.2, 0) is 15.3 Å². The molecule has 6 heteroatoms. The molecule has 0 heterocycles. The van der Waals surface area contributed by atoms with E-state index in [-0.39, 0.29) is 17.1 Å².